The van der Waals surface area contributed by atoms with Crippen LogP contribution in [-0.4, -0.2) is 34.8 Å². The fourth-order valence-electron chi connectivity index (χ4n) is 2.66. The Bertz CT molecular complexity index is 762. The average molecular weight is 343 g/mol. The number of nitrogens with one attached hydrogen (secondary N) is 1. The molecule has 0 bridgehead atoms. The zero-order valence-corrected chi connectivity index (χ0v) is 13.7. The van der Waals surface area contributed by atoms with Crippen molar-refractivity contribution in [1.82, 2.24) is 9.88 Å². The molecule has 0 saturated carbocycles. The molecule has 1 aliphatic rings. The van der Waals surface area contributed by atoms with Gasteiger partial charge in [-0.1, -0.05) is 0 Å². The zero-order valence-electron chi connectivity index (χ0n) is 13.7. The maximum atomic E-state index is 12.9. The van der Waals surface area contributed by atoms with Crippen LogP contribution < -0.4 is 10.1 Å². The van der Waals surface area contributed by atoms with E-state index in [2.05, 4.69) is 10.3 Å². The molecule has 1 unspecified atom stereocenters. The molecule has 7 heteroatoms. The molecule has 1 N–H and O–H groups in total. The highest BCUT2D eigenvalue weighted by Crippen LogP contribution is 2.22. The van der Waals surface area contributed by atoms with Gasteiger partial charge in [-0.25, -0.2) is 9.37 Å². The number of nitrogens with zero attached hydrogens (tertiary/aromatic N) is 2. The number of hydrogen-bond acceptors (Lipinski definition) is 4. The Morgan fingerprint density at radius 1 is 1.28 bits per heavy atom. The van der Waals surface area contributed by atoms with Gasteiger partial charge in [0.15, 0.2) is 0 Å². The van der Waals surface area contributed by atoms with Crippen molar-refractivity contribution in [1.29, 1.82) is 0 Å². The molecular formula is C18H18FN3O3. The fourth-order valence-corrected chi connectivity index (χ4v) is 2.66. The van der Waals surface area contributed by atoms with Crippen LogP contribution in [-0.2, 0) is 9.59 Å². The Labute approximate surface area is 144 Å². The Morgan fingerprint density at radius 2 is 2.04 bits per heavy atom. The molecule has 25 heavy (non-hydrogen) atoms. The summed E-state index contributed by atoms with van der Waals surface area (Å²) in [6, 6.07) is 8.41. The summed E-state index contributed by atoms with van der Waals surface area (Å²) in [5, 5.41) is 2.76. The van der Waals surface area contributed by atoms with Gasteiger partial charge in [0.05, 0.1) is 11.9 Å². The SMILES string of the molecule is CN1C(=O)CCCC1C(=O)Nc1ccc(Oc2ccc(F)cc2)nc1. The number of benzene rings is 1. The zero-order chi connectivity index (χ0) is 17.8. The van der Waals surface area contributed by atoms with E-state index >= 15 is 0 Å². The van der Waals surface area contributed by atoms with Gasteiger partial charge in [0.1, 0.15) is 17.6 Å². The van der Waals surface area contributed by atoms with Crippen molar-refractivity contribution in [3.63, 3.8) is 0 Å². The first kappa shape index (κ1) is 16.9. The lowest BCUT2D eigenvalue weighted by Crippen LogP contribution is -2.47. The number of halogens is 1. The third-order valence-corrected chi connectivity index (χ3v) is 4.07. The average Bonchev–Trinajstić information content (AvgIpc) is 2.61. The molecule has 1 atom stereocenters. The molecule has 0 radical (unpaired) electrons. The van der Waals surface area contributed by atoms with E-state index in [1.807, 2.05) is 0 Å². The minimum Gasteiger partial charge on any atom is -0.439 e. The van der Waals surface area contributed by atoms with E-state index in [0.717, 1.165) is 0 Å². The summed E-state index contributed by atoms with van der Waals surface area (Å²) >= 11 is 0. The monoisotopic (exact) mass is 343 g/mol. The van der Waals surface area contributed by atoms with Crippen molar-refractivity contribution in [2.24, 2.45) is 0 Å². The summed E-state index contributed by atoms with van der Waals surface area (Å²) < 4.78 is 18.4. The maximum absolute atomic E-state index is 12.9. The minimum absolute atomic E-state index is 0.0208. The molecule has 2 heterocycles. The normalized spacial score (nSPS) is 17.3. The second kappa shape index (κ2) is 7.29. The van der Waals surface area contributed by atoms with Gasteiger partial charge < -0.3 is 15.0 Å². The second-order valence-electron chi connectivity index (χ2n) is 5.84. The van der Waals surface area contributed by atoms with E-state index in [4.69, 9.17) is 4.74 Å². The fraction of sp³-hybridized carbons (Fsp3) is 0.278. The van der Waals surface area contributed by atoms with Crippen molar-refractivity contribution in [3.05, 3.63) is 48.4 Å². The van der Waals surface area contributed by atoms with Crippen LogP contribution in [0, 0.1) is 5.82 Å². The smallest absolute Gasteiger partial charge is 0.247 e. The molecule has 1 saturated heterocycles. The van der Waals surface area contributed by atoms with Crippen LogP contribution in [0.25, 0.3) is 0 Å². The van der Waals surface area contributed by atoms with E-state index < -0.39 is 6.04 Å². The number of amides is 2. The van der Waals surface area contributed by atoms with Crippen molar-refractivity contribution in [3.8, 4) is 11.6 Å². The van der Waals surface area contributed by atoms with Crippen molar-refractivity contribution in [2.75, 3.05) is 12.4 Å². The number of aromatic nitrogens is 1. The van der Waals surface area contributed by atoms with Gasteiger partial charge in [0.25, 0.3) is 0 Å². The van der Waals surface area contributed by atoms with E-state index in [-0.39, 0.29) is 17.6 Å². The molecular weight excluding hydrogens is 325 g/mol. The van der Waals surface area contributed by atoms with E-state index in [1.54, 1.807) is 19.2 Å². The van der Waals surface area contributed by atoms with Gasteiger partial charge >= 0.3 is 0 Å². The quantitative estimate of drug-likeness (QED) is 0.926. The first-order valence-electron chi connectivity index (χ1n) is 7.99. The van der Waals surface area contributed by atoms with Gasteiger partial charge in [0.2, 0.25) is 17.7 Å². The summed E-state index contributed by atoms with van der Waals surface area (Å²) in [6.45, 7) is 0. The van der Waals surface area contributed by atoms with Crippen LogP contribution in [0.15, 0.2) is 42.6 Å². The molecule has 3 rings (SSSR count). The first-order chi connectivity index (χ1) is 12.0. The molecule has 1 aromatic heterocycles. The van der Waals surface area contributed by atoms with E-state index in [0.29, 0.717) is 36.6 Å². The molecule has 6 nitrogen and oxygen atoms in total. The number of hydrogen-bond donors (Lipinski definition) is 1. The van der Waals surface area contributed by atoms with Gasteiger partial charge in [-0.15, -0.1) is 0 Å². The Kier molecular flexibility index (Phi) is 4.92. The summed E-state index contributed by atoms with van der Waals surface area (Å²) in [5.41, 5.74) is 0.517. The Balaban J connectivity index is 1.61. The third-order valence-electron chi connectivity index (χ3n) is 4.07. The number of rotatable bonds is 4. The predicted octanol–water partition coefficient (Wildman–Crippen LogP) is 2.96. The number of anilines is 1. The van der Waals surface area contributed by atoms with Crippen LogP contribution in [0.2, 0.25) is 0 Å². The summed E-state index contributed by atoms with van der Waals surface area (Å²) in [7, 11) is 1.64. The number of piperidine rings is 1. The van der Waals surface area contributed by atoms with Crippen LogP contribution in [0.1, 0.15) is 19.3 Å². The number of likely N-dealkylation sites (tertiary alicyclic amines) is 1. The lowest BCUT2D eigenvalue weighted by atomic mass is 10.0. The maximum Gasteiger partial charge on any atom is 0.247 e. The minimum atomic E-state index is -0.462. The Morgan fingerprint density at radius 3 is 2.72 bits per heavy atom. The summed E-state index contributed by atoms with van der Waals surface area (Å²) in [4.78, 5) is 29.6. The number of pyridine rings is 1. The summed E-state index contributed by atoms with van der Waals surface area (Å²) in [6.07, 6.45) is 3.32. The van der Waals surface area contributed by atoms with Crippen molar-refractivity contribution in [2.45, 2.75) is 25.3 Å². The molecule has 1 aromatic carbocycles. The largest absolute Gasteiger partial charge is 0.439 e. The standard InChI is InChI=1S/C18H18FN3O3/c1-22-15(3-2-4-17(22)23)18(24)21-13-7-10-16(20-11-13)25-14-8-5-12(19)6-9-14/h5-11,15H,2-4H2,1H3,(H,21,24). The first-order valence-corrected chi connectivity index (χ1v) is 7.99. The number of carbonyl (C=O) groups excluding carboxylic acids is 2. The van der Waals surface area contributed by atoms with Crippen LogP contribution >= 0.6 is 0 Å². The highest BCUT2D eigenvalue weighted by molar-refractivity contribution is 5.97. The highest BCUT2D eigenvalue weighted by Gasteiger charge is 2.30. The number of likely N-dealkylation sites (N-methyl/N-ethyl adjacent to an activating group) is 1. The lowest BCUT2D eigenvalue weighted by molar-refractivity contribution is -0.140. The highest BCUT2D eigenvalue weighted by atomic mass is 19.1. The number of ether oxygens (including phenoxy) is 1. The van der Waals surface area contributed by atoms with Crippen LogP contribution in [0.3, 0.4) is 0 Å². The van der Waals surface area contributed by atoms with Crippen LogP contribution in [0.4, 0.5) is 10.1 Å². The Hall–Kier alpha value is -2.96. The third kappa shape index (κ3) is 4.12. The molecule has 0 aliphatic carbocycles. The molecule has 1 aliphatic heterocycles. The molecule has 0 spiro atoms. The molecule has 130 valence electrons. The van der Waals surface area contributed by atoms with E-state index in [1.165, 1.54) is 35.4 Å². The van der Waals surface area contributed by atoms with Gasteiger partial charge in [-0.3, -0.25) is 9.59 Å². The predicted molar refractivity (Wildman–Crippen MR) is 89.7 cm³/mol. The van der Waals surface area contributed by atoms with Gasteiger partial charge in [-0.2, -0.15) is 0 Å². The van der Waals surface area contributed by atoms with Crippen molar-refractivity contribution < 1.29 is 18.7 Å². The molecule has 2 amide bonds. The summed E-state index contributed by atoms with van der Waals surface area (Å²) in [5.74, 6) is 0.198. The second-order valence-corrected chi connectivity index (χ2v) is 5.84. The van der Waals surface area contributed by atoms with Gasteiger partial charge in [-0.05, 0) is 43.2 Å². The molecule has 1 fully saturated rings. The topological polar surface area (TPSA) is 71.5 Å². The lowest BCUT2D eigenvalue weighted by Gasteiger charge is -2.31. The van der Waals surface area contributed by atoms with Gasteiger partial charge in [0, 0.05) is 19.5 Å². The van der Waals surface area contributed by atoms with Crippen LogP contribution in [0.5, 0.6) is 11.6 Å². The van der Waals surface area contributed by atoms with E-state index in [9.17, 15) is 14.0 Å². The molecule has 2 aromatic rings. The van der Waals surface area contributed by atoms with Crippen molar-refractivity contribution >= 4 is 17.5 Å². The number of carbonyl (C=O) groups is 2.